The Labute approximate surface area is 124 Å². The molecule has 2 aromatic rings. The molecule has 0 fully saturated rings. The van der Waals surface area contributed by atoms with Gasteiger partial charge in [0.2, 0.25) is 0 Å². The third kappa shape index (κ3) is 3.91. The van der Waals surface area contributed by atoms with Crippen LogP contribution < -0.4 is 15.2 Å². The molecule has 0 saturated carbocycles. The number of ether oxygens (including phenoxy) is 2. The first-order valence-corrected chi connectivity index (χ1v) is 6.93. The minimum absolute atomic E-state index is 0.490. The van der Waals surface area contributed by atoms with E-state index in [-0.39, 0.29) is 0 Å². The van der Waals surface area contributed by atoms with E-state index in [1.807, 2.05) is 6.20 Å². The molecule has 114 valence electrons. The number of nitrogens with zero attached hydrogens (tertiary/aromatic N) is 4. The van der Waals surface area contributed by atoms with Gasteiger partial charge in [0.25, 0.3) is 0 Å². The second-order valence-electron chi connectivity index (χ2n) is 4.65. The first-order chi connectivity index (χ1) is 10.3. The molecule has 7 nitrogen and oxygen atoms in total. The van der Waals surface area contributed by atoms with Gasteiger partial charge in [-0.2, -0.15) is 0 Å². The second kappa shape index (κ2) is 7.58. The molecular weight excluding hydrogens is 270 g/mol. The molecule has 2 aromatic heterocycles. The molecule has 0 aliphatic rings. The number of pyridine rings is 1. The van der Waals surface area contributed by atoms with Crippen LogP contribution in [0.1, 0.15) is 24.2 Å². The van der Waals surface area contributed by atoms with Crippen LogP contribution in [0.4, 0.5) is 0 Å². The topological polar surface area (TPSA) is 88.1 Å². The summed E-state index contributed by atoms with van der Waals surface area (Å²) in [5, 5.41) is 8.27. The molecule has 7 heteroatoms. The molecule has 0 saturated heterocycles. The zero-order chi connectivity index (χ0) is 15.1. The van der Waals surface area contributed by atoms with Crippen LogP contribution in [0, 0.1) is 0 Å². The van der Waals surface area contributed by atoms with Gasteiger partial charge in [0.15, 0.2) is 11.5 Å². The van der Waals surface area contributed by atoms with Crippen LogP contribution in [0.15, 0.2) is 18.5 Å². The zero-order valence-electron chi connectivity index (χ0n) is 12.5. The van der Waals surface area contributed by atoms with Gasteiger partial charge in [-0.3, -0.25) is 4.98 Å². The van der Waals surface area contributed by atoms with Gasteiger partial charge in [-0.25, -0.2) is 4.68 Å². The predicted octanol–water partition coefficient (Wildman–Crippen LogP) is 1.02. The van der Waals surface area contributed by atoms with E-state index in [0.717, 1.165) is 30.7 Å². The third-order valence-corrected chi connectivity index (χ3v) is 3.15. The lowest BCUT2D eigenvalue weighted by Crippen LogP contribution is -2.05. The first kappa shape index (κ1) is 15.2. The highest BCUT2D eigenvalue weighted by Gasteiger charge is 2.12. The molecule has 0 spiro atoms. The molecule has 0 bridgehead atoms. The van der Waals surface area contributed by atoms with Crippen LogP contribution >= 0.6 is 0 Å². The van der Waals surface area contributed by atoms with Crippen molar-refractivity contribution in [3.8, 4) is 11.5 Å². The number of nitrogens with two attached hydrogens (primary N) is 1. The van der Waals surface area contributed by atoms with Crippen LogP contribution in [0.2, 0.25) is 0 Å². The van der Waals surface area contributed by atoms with Crippen molar-refractivity contribution in [2.24, 2.45) is 5.73 Å². The molecule has 2 N–H and O–H groups in total. The minimum Gasteiger partial charge on any atom is -0.493 e. The monoisotopic (exact) mass is 291 g/mol. The van der Waals surface area contributed by atoms with Crippen LogP contribution in [0.3, 0.4) is 0 Å². The van der Waals surface area contributed by atoms with E-state index < -0.39 is 0 Å². The molecule has 0 aliphatic heterocycles. The fourth-order valence-corrected chi connectivity index (χ4v) is 2.10. The predicted molar refractivity (Wildman–Crippen MR) is 78.5 cm³/mol. The molecule has 0 unspecified atom stereocenters. The Morgan fingerprint density at radius 2 is 2.10 bits per heavy atom. The average molecular weight is 291 g/mol. The van der Waals surface area contributed by atoms with E-state index in [2.05, 4.69) is 15.3 Å². The van der Waals surface area contributed by atoms with Gasteiger partial charge < -0.3 is 15.2 Å². The Kier molecular flexibility index (Phi) is 5.51. The number of hydrogen-bond donors (Lipinski definition) is 1. The number of rotatable bonds is 8. The van der Waals surface area contributed by atoms with Crippen LogP contribution in [-0.4, -0.2) is 40.7 Å². The van der Waals surface area contributed by atoms with E-state index >= 15 is 0 Å². The van der Waals surface area contributed by atoms with Gasteiger partial charge in [-0.1, -0.05) is 5.21 Å². The zero-order valence-corrected chi connectivity index (χ0v) is 12.5. The normalized spacial score (nSPS) is 10.6. The molecule has 0 atom stereocenters. The molecule has 2 heterocycles. The van der Waals surface area contributed by atoms with Crippen LogP contribution in [-0.2, 0) is 13.0 Å². The molecule has 0 amide bonds. The Hall–Kier alpha value is -2.15. The minimum atomic E-state index is 0.490. The van der Waals surface area contributed by atoms with Crippen molar-refractivity contribution in [2.75, 3.05) is 20.8 Å². The average Bonchev–Trinajstić information content (AvgIpc) is 2.94. The summed E-state index contributed by atoms with van der Waals surface area (Å²) >= 11 is 0. The fraction of sp³-hybridized carbons (Fsp3) is 0.500. The highest BCUT2D eigenvalue weighted by Crippen LogP contribution is 2.29. The highest BCUT2D eigenvalue weighted by molar-refractivity contribution is 5.42. The van der Waals surface area contributed by atoms with Crippen molar-refractivity contribution in [3.63, 3.8) is 0 Å². The van der Waals surface area contributed by atoms with Gasteiger partial charge in [-0.05, 0) is 25.8 Å². The molecule has 0 radical (unpaired) electrons. The van der Waals surface area contributed by atoms with Gasteiger partial charge in [0.05, 0.1) is 26.5 Å². The molecular formula is C14H21N5O2. The lowest BCUT2D eigenvalue weighted by molar-refractivity contribution is 0.348. The Balaban J connectivity index is 2.08. The second-order valence-corrected chi connectivity index (χ2v) is 4.65. The van der Waals surface area contributed by atoms with Gasteiger partial charge in [0.1, 0.15) is 5.69 Å². The lowest BCUT2D eigenvalue weighted by Gasteiger charge is -2.11. The number of aromatic nitrogens is 4. The highest BCUT2D eigenvalue weighted by atomic mass is 16.5. The van der Waals surface area contributed by atoms with Crippen molar-refractivity contribution >= 4 is 0 Å². The van der Waals surface area contributed by atoms with Crippen molar-refractivity contribution in [1.82, 2.24) is 20.0 Å². The third-order valence-electron chi connectivity index (χ3n) is 3.15. The fourth-order valence-electron chi connectivity index (χ4n) is 2.10. The summed E-state index contributed by atoms with van der Waals surface area (Å²) in [6.07, 6.45) is 6.53. The maximum atomic E-state index is 5.48. The largest absolute Gasteiger partial charge is 0.493 e. The first-order valence-electron chi connectivity index (χ1n) is 6.93. The molecule has 0 aliphatic carbocycles. The standard InChI is InChI=1S/C14H21N5O2/c1-20-13-6-8-16-12(14(13)21-2)10-19-9-11(17-18-19)5-3-4-7-15/h6,8-9H,3-5,7,10,15H2,1-2H3. The van der Waals surface area contributed by atoms with Crippen molar-refractivity contribution in [3.05, 3.63) is 29.8 Å². The van der Waals surface area contributed by atoms with Crippen molar-refractivity contribution < 1.29 is 9.47 Å². The molecule has 21 heavy (non-hydrogen) atoms. The maximum absolute atomic E-state index is 5.48. The maximum Gasteiger partial charge on any atom is 0.184 e. The summed E-state index contributed by atoms with van der Waals surface area (Å²) in [6.45, 7) is 1.20. The molecule has 0 aromatic carbocycles. The van der Waals surface area contributed by atoms with Crippen molar-refractivity contribution in [2.45, 2.75) is 25.8 Å². The van der Waals surface area contributed by atoms with E-state index in [0.29, 0.717) is 24.6 Å². The number of unbranched alkanes of at least 4 members (excludes halogenated alkanes) is 1. The van der Waals surface area contributed by atoms with Crippen molar-refractivity contribution in [1.29, 1.82) is 0 Å². The van der Waals surface area contributed by atoms with Crippen LogP contribution in [0.5, 0.6) is 11.5 Å². The SMILES string of the molecule is COc1ccnc(Cn2cc(CCCCN)nn2)c1OC. The quantitative estimate of drug-likeness (QED) is 0.731. The molecule has 2 rings (SSSR count). The number of methoxy groups -OCH3 is 2. The summed E-state index contributed by atoms with van der Waals surface area (Å²) in [5.74, 6) is 1.28. The Bertz CT molecular complexity index is 570. The Morgan fingerprint density at radius 3 is 2.81 bits per heavy atom. The van der Waals surface area contributed by atoms with E-state index in [1.165, 1.54) is 0 Å². The van der Waals surface area contributed by atoms with Gasteiger partial charge in [-0.15, -0.1) is 5.10 Å². The van der Waals surface area contributed by atoms with E-state index in [9.17, 15) is 0 Å². The summed E-state index contributed by atoms with van der Waals surface area (Å²) in [6, 6.07) is 1.77. The number of hydrogen-bond acceptors (Lipinski definition) is 6. The Morgan fingerprint density at radius 1 is 1.24 bits per heavy atom. The van der Waals surface area contributed by atoms with E-state index in [4.69, 9.17) is 15.2 Å². The number of aryl methyl sites for hydroxylation is 1. The summed E-state index contributed by atoms with van der Waals surface area (Å²) in [4.78, 5) is 4.33. The summed E-state index contributed by atoms with van der Waals surface area (Å²) in [5.41, 5.74) is 7.21. The summed E-state index contributed by atoms with van der Waals surface area (Å²) in [7, 11) is 3.20. The lowest BCUT2D eigenvalue weighted by atomic mass is 10.2. The smallest absolute Gasteiger partial charge is 0.184 e. The van der Waals surface area contributed by atoms with Gasteiger partial charge >= 0.3 is 0 Å². The van der Waals surface area contributed by atoms with Gasteiger partial charge in [0, 0.05) is 18.5 Å². The summed E-state index contributed by atoms with van der Waals surface area (Å²) < 4.78 is 12.4. The van der Waals surface area contributed by atoms with E-state index in [1.54, 1.807) is 31.2 Å². The van der Waals surface area contributed by atoms with Crippen LogP contribution in [0.25, 0.3) is 0 Å².